The number of ether oxygens (including phenoxy) is 3. The first kappa shape index (κ1) is 13.1. The van der Waals surface area contributed by atoms with Gasteiger partial charge in [-0.3, -0.25) is 4.79 Å². The highest BCUT2D eigenvalue weighted by Gasteiger charge is 2.18. The Morgan fingerprint density at radius 2 is 1.59 bits per heavy atom. The summed E-state index contributed by atoms with van der Waals surface area (Å²) in [7, 11) is 4.54. The summed E-state index contributed by atoms with van der Waals surface area (Å²) in [5, 5.41) is 0. The zero-order valence-electron chi connectivity index (χ0n) is 10.4. The minimum Gasteiger partial charge on any atom is -0.496 e. The molecule has 0 amide bonds. The van der Waals surface area contributed by atoms with Crippen molar-refractivity contribution < 1.29 is 19.0 Å². The van der Waals surface area contributed by atoms with Gasteiger partial charge in [0.1, 0.15) is 22.8 Å². The molecule has 0 radical (unpaired) electrons. The molecule has 0 bridgehead atoms. The van der Waals surface area contributed by atoms with E-state index in [2.05, 4.69) is 0 Å². The van der Waals surface area contributed by atoms with Crippen LogP contribution in [-0.2, 0) is 0 Å². The third-order valence-electron chi connectivity index (χ3n) is 2.28. The third-order valence-corrected chi connectivity index (χ3v) is 2.28. The topological polar surface area (TPSA) is 44.8 Å². The standard InChI is InChI=1S/C13H16O4/c1-5-6-10(14)13-11(16-3)7-9(15-2)8-12(13)17-4/h5-8H,1-4H3/b6-5+. The molecule has 0 aliphatic rings. The van der Waals surface area contributed by atoms with Crippen molar-refractivity contribution in [2.24, 2.45) is 0 Å². The number of hydrogen-bond acceptors (Lipinski definition) is 4. The lowest BCUT2D eigenvalue weighted by Crippen LogP contribution is -2.03. The highest BCUT2D eigenvalue weighted by Crippen LogP contribution is 2.34. The Balaban J connectivity index is 3.39. The molecule has 4 nitrogen and oxygen atoms in total. The summed E-state index contributed by atoms with van der Waals surface area (Å²) in [6, 6.07) is 3.30. The molecule has 0 heterocycles. The van der Waals surface area contributed by atoms with Crippen LogP contribution in [0.4, 0.5) is 0 Å². The average molecular weight is 236 g/mol. The van der Waals surface area contributed by atoms with E-state index in [-0.39, 0.29) is 5.78 Å². The SMILES string of the molecule is C/C=C/C(=O)c1c(OC)cc(OC)cc1OC. The average Bonchev–Trinajstić information content (AvgIpc) is 2.37. The van der Waals surface area contributed by atoms with Crippen LogP contribution in [0.25, 0.3) is 0 Å². The number of carbonyl (C=O) groups excluding carboxylic acids is 1. The molecule has 0 aliphatic carbocycles. The largest absolute Gasteiger partial charge is 0.496 e. The lowest BCUT2D eigenvalue weighted by Gasteiger charge is -2.12. The second-order valence-electron chi connectivity index (χ2n) is 3.27. The molecule has 4 heteroatoms. The normalized spacial score (nSPS) is 10.4. The maximum absolute atomic E-state index is 11.9. The molecule has 0 unspecified atom stereocenters. The van der Waals surface area contributed by atoms with Crippen molar-refractivity contribution in [1.82, 2.24) is 0 Å². The Labute approximate surface area is 101 Å². The Hall–Kier alpha value is -1.97. The van der Waals surface area contributed by atoms with Crippen LogP contribution in [0.5, 0.6) is 17.2 Å². The van der Waals surface area contributed by atoms with E-state index in [0.717, 1.165) is 0 Å². The van der Waals surface area contributed by atoms with Gasteiger partial charge >= 0.3 is 0 Å². The number of hydrogen-bond donors (Lipinski definition) is 0. The Kier molecular flexibility index (Phi) is 4.57. The first-order valence-corrected chi connectivity index (χ1v) is 5.15. The molecular formula is C13H16O4. The molecule has 0 N–H and O–H groups in total. The number of rotatable bonds is 5. The number of carbonyl (C=O) groups is 1. The maximum Gasteiger partial charge on any atom is 0.192 e. The van der Waals surface area contributed by atoms with Gasteiger partial charge in [-0.1, -0.05) is 6.08 Å². The quantitative estimate of drug-likeness (QED) is 0.582. The maximum atomic E-state index is 11.9. The van der Waals surface area contributed by atoms with Crippen LogP contribution in [0.15, 0.2) is 24.3 Å². The van der Waals surface area contributed by atoms with Crippen LogP contribution in [0.3, 0.4) is 0 Å². The summed E-state index contributed by atoms with van der Waals surface area (Å²) < 4.78 is 15.5. The molecule has 1 aromatic rings. The highest BCUT2D eigenvalue weighted by molar-refractivity contribution is 6.08. The van der Waals surface area contributed by atoms with E-state index < -0.39 is 0 Å². The molecule has 0 saturated carbocycles. The molecule has 0 saturated heterocycles. The molecule has 0 atom stereocenters. The fraction of sp³-hybridized carbons (Fsp3) is 0.308. The third kappa shape index (κ3) is 2.78. The minimum atomic E-state index is -0.163. The van der Waals surface area contributed by atoms with Gasteiger partial charge in [0.15, 0.2) is 5.78 Å². The number of methoxy groups -OCH3 is 3. The van der Waals surface area contributed by atoms with E-state index in [1.807, 2.05) is 0 Å². The predicted octanol–water partition coefficient (Wildman–Crippen LogP) is 2.47. The van der Waals surface area contributed by atoms with Crippen molar-refractivity contribution in [2.75, 3.05) is 21.3 Å². The van der Waals surface area contributed by atoms with Crippen molar-refractivity contribution >= 4 is 5.78 Å². The lowest BCUT2D eigenvalue weighted by molar-refractivity contribution is 0.104. The van der Waals surface area contributed by atoms with E-state index in [4.69, 9.17) is 14.2 Å². The zero-order valence-corrected chi connectivity index (χ0v) is 10.4. The van der Waals surface area contributed by atoms with Crippen LogP contribution in [0.1, 0.15) is 17.3 Å². The summed E-state index contributed by atoms with van der Waals surface area (Å²) in [4.78, 5) is 11.9. The monoisotopic (exact) mass is 236 g/mol. The Bertz CT molecular complexity index is 410. The van der Waals surface area contributed by atoms with Crippen LogP contribution in [0, 0.1) is 0 Å². The minimum absolute atomic E-state index is 0.163. The summed E-state index contributed by atoms with van der Waals surface area (Å²) in [6.45, 7) is 1.78. The fourth-order valence-corrected chi connectivity index (χ4v) is 1.48. The van der Waals surface area contributed by atoms with E-state index in [0.29, 0.717) is 22.8 Å². The highest BCUT2D eigenvalue weighted by atomic mass is 16.5. The smallest absolute Gasteiger partial charge is 0.192 e. The van der Waals surface area contributed by atoms with Crippen molar-refractivity contribution in [3.8, 4) is 17.2 Å². The summed E-state index contributed by atoms with van der Waals surface area (Å²) in [6.07, 6.45) is 3.14. The number of ketones is 1. The molecule has 17 heavy (non-hydrogen) atoms. The van der Waals surface area contributed by atoms with Crippen LogP contribution in [0.2, 0.25) is 0 Å². The van der Waals surface area contributed by atoms with Gasteiger partial charge in [-0.05, 0) is 13.0 Å². The summed E-state index contributed by atoms with van der Waals surface area (Å²) in [5.41, 5.74) is 0.397. The fourth-order valence-electron chi connectivity index (χ4n) is 1.48. The van der Waals surface area contributed by atoms with Crippen LogP contribution < -0.4 is 14.2 Å². The molecule has 1 rings (SSSR count). The van der Waals surface area contributed by atoms with E-state index >= 15 is 0 Å². The molecule has 0 aliphatic heterocycles. The molecular weight excluding hydrogens is 220 g/mol. The molecule has 0 fully saturated rings. The summed E-state index contributed by atoms with van der Waals surface area (Å²) in [5.74, 6) is 1.29. The molecule has 0 spiro atoms. The summed E-state index contributed by atoms with van der Waals surface area (Å²) >= 11 is 0. The van der Waals surface area contributed by atoms with Crippen LogP contribution >= 0.6 is 0 Å². The van der Waals surface area contributed by atoms with Gasteiger partial charge in [0, 0.05) is 12.1 Å². The Morgan fingerprint density at radius 3 is 1.94 bits per heavy atom. The zero-order chi connectivity index (χ0) is 12.8. The molecule has 0 aromatic heterocycles. The number of benzene rings is 1. The van der Waals surface area contributed by atoms with Gasteiger partial charge in [-0.2, -0.15) is 0 Å². The van der Waals surface area contributed by atoms with E-state index in [1.165, 1.54) is 20.3 Å². The van der Waals surface area contributed by atoms with Crippen molar-refractivity contribution in [3.05, 3.63) is 29.8 Å². The molecule has 92 valence electrons. The van der Waals surface area contributed by atoms with E-state index in [1.54, 1.807) is 32.2 Å². The van der Waals surface area contributed by atoms with Gasteiger partial charge in [-0.15, -0.1) is 0 Å². The first-order chi connectivity index (χ1) is 8.17. The second kappa shape index (κ2) is 5.94. The molecule has 1 aromatic carbocycles. The van der Waals surface area contributed by atoms with Crippen molar-refractivity contribution in [2.45, 2.75) is 6.92 Å². The van der Waals surface area contributed by atoms with Crippen molar-refractivity contribution in [1.29, 1.82) is 0 Å². The predicted molar refractivity (Wildman–Crippen MR) is 65.2 cm³/mol. The van der Waals surface area contributed by atoms with E-state index in [9.17, 15) is 4.79 Å². The van der Waals surface area contributed by atoms with Gasteiger partial charge in [0.2, 0.25) is 0 Å². The van der Waals surface area contributed by atoms with Gasteiger partial charge in [-0.25, -0.2) is 0 Å². The number of allylic oxidation sites excluding steroid dienone is 2. The van der Waals surface area contributed by atoms with Gasteiger partial charge < -0.3 is 14.2 Å². The van der Waals surface area contributed by atoms with Crippen molar-refractivity contribution in [3.63, 3.8) is 0 Å². The van der Waals surface area contributed by atoms with Gasteiger partial charge in [0.05, 0.1) is 21.3 Å². The lowest BCUT2D eigenvalue weighted by atomic mass is 10.1. The van der Waals surface area contributed by atoms with Gasteiger partial charge in [0.25, 0.3) is 0 Å². The Morgan fingerprint density at radius 1 is 1.06 bits per heavy atom. The van der Waals surface area contributed by atoms with Crippen LogP contribution in [-0.4, -0.2) is 27.1 Å². The second-order valence-corrected chi connectivity index (χ2v) is 3.27. The first-order valence-electron chi connectivity index (χ1n) is 5.15.